The van der Waals surface area contributed by atoms with Gasteiger partial charge in [0, 0.05) is 23.4 Å². The van der Waals surface area contributed by atoms with Crippen LogP contribution in [0.25, 0.3) is 17.3 Å². The van der Waals surface area contributed by atoms with Crippen LogP contribution in [0.3, 0.4) is 0 Å². The molecule has 0 saturated heterocycles. The average molecular weight is 418 g/mol. The van der Waals surface area contributed by atoms with Gasteiger partial charge in [0.05, 0.1) is 12.8 Å². The van der Waals surface area contributed by atoms with Crippen LogP contribution in [-0.4, -0.2) is 35.2 Å². The number of anilines is 1. The van der Waals surface area contributed by atoms with E-state index in [0.717, 1.165) is 16.9 Å². The molecule has 158 valence electrons. The highest BCUT2D eigenvalue weighted by Crippen LogP contribution is 2.19. The van der Waals surface area contributed by atoms with Crippen LogP contribution in [0.5, 0.6) is 5.75 Å². The van der Waals surface area contributed by atoms with E-state index in [2.05, 4.69) is 20.8 Å². The van der Waals surface area contributed by atoms with E-state index in [-0.39, 0.29) is 17.4 Å². The van der Waals surface area contributed by atoms with Crippen molar-refractivity contribution in [3.63, 3.8) is 0 Å². The molecule has 0 aliphatic rings. The molecule has 0 bridgehead atoms. The summed E-state index contributed by atoms with van der Waals surface area (Å²) in [7, 11) is 1.58. The molecule has 8 nitrogen and oxygen atoms in total. The molecular formula is C23H22N4O4. The van der Waals surface area contributed by atoms with E-state index < -0.39 is 6.04 Å². The van der Waals surface area contributed by atoms with E-state index in [9.17, 15) is 14.4 Å². The molecule has 0 spiro atoms. The molecule has 0 fully saturated rings. The van der Waals surface area contributed by atoms with E-state index in [4.69, 9.17) is 4.74 Å². The standard InChI is InChI=1S/C23H22N4O4/c1-15(24-21(28)12-8-16-6-9-19(31-2)10-7-16)23(30)25-18-5-3-4-17(14-18)20-11-13-22(29)27-26-20/h3-15H,1-2H3,(H,24,28)(H,25,30)(H,27,29)/b12-8+. The lowest BCUT2D eigenvalue weighted by atomic mass is 10.1. The summed E-state index contributed by atoms with van der Waals surface area (Å²) in [5, 5.41) is 11.7. The smallest absolute Gasteiger partial charge is 0.264 e. The number of H-pyrrole nitrogens is 1. The van der Waals surface area contributed by atoms with Gasteiger partial charge in [0.1, 0.15) is 11.8 Å². The third-order valence-corrected chi connectivity index (χ3v) is 4.40. The van der Waals surface area contributed by atoms with Crippen LogP contribution in [-0.2, 0) is 9.59 Å². The molecule has 0 aliphatic heterocycles. The van der Waals surface area contributed by atoms with E-state index >= 15 is 0 Å². The zero-order valence-corrected chi connectivity index (χ0v) is 17.1. The fourth-order valence-corrected chi connectivity index (χ4v) is 2.73. The van der Waals surface area contributed by atoms with Gasteiger partial charge in [-0.2, -0.15) is 5.10 Å². The van der Waals surface area contributed by atoms with Gasteiger partial charge in [-0.1, -0.05) is 24.3 Å². The van der Waals surface area contributed by atoms with E-state index in [1.807, 2.05) is 18.2 Å². The molecule has 3 rings (SSSR count). The van der Waals surface area contributed by atoms with Crippen molar-refractivity contribution in [1.82, 2.24) is 15.5 Å². The van der Waals surface area contributed by atoms with Gasteiger partial charge < -0.3 is 15.4 Å². The lowest BCUT2D eigenvalue weighted by Gasteiger charge is -2.13. The summed E-state index contributed by atoms with van der Waals surface area (Å²) in [4.78, 5) is 35.8. The normalized spacial score (nSPS) is 11.7. The second kappa shape index (κ2) is 10.0. The number of nitrogens with zero attached hydrogens (tertiary/aromatic N) is 1. The molecule has 1 atom stereocenters. The third kappa shape index (κ3) is 6.14. The Labute approximate surface area is 179 Å². The molecule has 3 aromatic rings. The van der Waals surface area contributed by atoms with E-state index in [1.54, 1.807) is 56.5 Å². The van der Waals surface area contributed by atoms with Gasteiger partial charge in [0.15, 0.2) is 0 Å². The van der Waals surface area contributed by atoms with Crippen molar-refractivity contribution in [1.29, 1.82) is 0 Å². The molecule has 2 aromatic carbocycles. The topological polar surface area (TPSA) is 113 Å². The van der Waals surface area contributed by atoms with Crippen molar-refractivity contribution < 1.29 is 14.3 Å². The minimum atomic E-state index is -0.747. The lowest BCUT2D eigenvalue weighted by Crippen LogP contribution is -2.40. The molecule has 31 heavy (non-hydrogen) atoms. The SMILES string of the molecule is COc1ccc(/C=C/C(=O)NC(C)C(=O)Nc2cccc(-c3ccc(=O)[nH]n3)c2)cc1. The molecule has 1 heterocycles. The quantitative estimate of drug-likeness (QED) is 0.511. The van der Waals surface area contributed by atoms with Crippen LogP contribution >= 0.6 is 0 Å². The molecule has 0 radical (unpaired) electrons. The Morgan fingerprint density at radius 3 is 2.55 bits per heavy atom. The molecular weight excluding hydrogens is 396 g/mol. The number of benzene rings is 2. The predicted octanol–water partition coefficient (Wildman–Crippen LogP) is 2.60. The second-order valence-corrected chi connectivity index (χ2v) is 6.71. The number of aromatic amines is 1. The zero-order chi connectivity index (χ0) is 22.2. The number of carbonyl (C=O) groups is 2. The first kappa shape index (κ1) is 21.5. The zero-order valence-electron chi connectivity index (χ0n) is 17.1. The highest BCUT2D eigenvalue weighted by atomic mass is 16.5. The van der Waals surface area contributed by atoms with E-state index in [1.165, 1.54) is 12.1 Å². The van der Waals surface area contributed by atoms with Crippen LogP contribution in [0.15, 0.2) is 71.5 Å². The summed E-state index contributed by atoms with van der Waals surface area (Å²) >= 11 is 0. The largest absolute Gasteiger partial charge is 0.497 e. The highest BCUT2D eigenvalue weighted by Gasteiger charge is 2.15. The number of hydrogen-bond donors (Lipinski definition) is 3. The fraction of sp³-hybridized carbons (Fsp3) is 0.130. The average Bonchev–Trinajstić information content (AvgIpc) is 2.78. The van der Waals surface area contributed by atoms with Gasteiger partial charge in [-0.15, -0.1) is 0 Å². The van der Waals surface area contributed by atoms with Crippen molar-refractivity contribution in [2.45, 2.75) is 13.0 Å². The highest BCUT2D eigenvalue weighted by molar-refractivity contribution is 6.00. The number of rotatable bonds is 7. The Morgan fingerprint density at radius 1 is 1.10 bits per heavy atom. The first-order valence-electron chi connectivity index (χ1n) is 9.54. The third-order valence-electron chi connectivity index (χ3n) is 4.40. The number of aromatic nitrogens is 2. The Kier molecular flexibility index (Phi) is 6.95. The maximum absolute atomic E-state index is 12.5. The monoisotopic (exact) mass is 418 g/mol. The molecule has 8 heteroatoms. The van der Waals surface area contributed by atoms with Gasteiger partial charge in [0.2, 0.25) is 11.8 Å². The Bertz CT molecular complexity index is 1130. The number of methoxy groups -OCH3 is 1. The summed E-state index contributed by atoms with van der Waals surface area (Å²) in [6, 6.07) is 16.5. The number of carbonyl (C=O) groups excluding carboxylic acids is 2. The fourth-order valence-electron chi connectivity index (χ4n) is 2.73. The summed E-state index contributed by atoms with van der Waals surface area (Å²) in [5.41, 5.74) is 2.39. The molecule has 0 saturated carbocycles. The minimum absolute atomic E-state index is 0.293. The van der Waals surface area contributed by atoms with Crippen LogP contribution < -0.4 is 20.9 Å². The van der Waals surface area contributed by atoms with E-state index in [0.29, 0.717) is 11.4 Å². The second-order valence-electron chi connectivity index (χ2n) is 6.71. The summed E-state index contributed by atoms with van der Waals surface area (Å²) in [6.45, 7) is 1.60. The molecule has 1 aromatic heterocycles. The first-order valence-corrected chi connectivity index (χ1v) is 9.54. The maximum atomic E-state index is 12.5. The van der Waals surface area contributed by atoms with Gasteiger partial charge in [-0.3, -0.25) is 14.4 Å². The van der Waals surface area contributed by atoms with Crippen LogP contribution in [0, 0.1) is 0 Å². The Morgan fingerprint density at radius 2 is 1.87 bits per heavy atom. The van der Waals surface area contributed by atoms with Gasteiger partial charge in [-0.25, -0.2) is 5.10 Å². The van der Waals surface area contributed by atoms with Crippen LogP contribution in [0.2, 0.25) is 0 Å². The van der Waals surface area contributed by atoms with Crippen molar-refractivity contribution in [2.75, 3.05) is 12.4 Å². The maximum Gasteiger partial charge on any atom is 0.264 e. The number of hydrogen-bond acceptors (Lipinski definition) is 5. The van der Waals surface area contributed by atoms with Gasteiger partial charge in [0.25, 0.3) is 5.56 Å². The first-order chi connectivity index (χ1) is 14.9. The van der Waals surface area contributed by atoms with Crippen molar-refractivity contribution in [3.05, 3.63) is 82.7 Å². The molecule has 0 aliphatic carbocycles. The number of nitrogens with one attached hydrogen (secondary N) is 3. The molecule has 1 unspecified atom stereocenters. The predicted molar refractivity (Wildman–Crippen MR) is 119 cm³/mol. The Hall–Kier alpha value is -4.20. The van der Waals surface area contributed by atoms with Gasteiger partial charge in [-0.05, 0) is 48.9 Å². The molecule has 2 amide bonds. The lowest BCUT2D eigenvalue weighted by molar-refractivity contribution is -0.123. The van der Waals surface area contributed by atoms with Gasteiger partial charge >= 0.3 is 0 Å². The summed E-state index contributed by atoms with van der Waals surface area (Å²) in [6.07, 6.45) is 3.02. The Balaban J connectivity index is 1.58. The van der Waals surface area contributed by atoms with Crippen molar-refractivity contribution in [2.24, 2.45) is 0 Å². The van der Waals surface area contributed by atoms with Crippen LogP contribution in [0.1, 0.15) is 12.5 Å². The van der Waals surface area contributed by atoms with Crippen molar-refractivity contribution >= 4 is 23.6 Å². The molecule has 3 N–H and O–H groups in total. The summed E-state index contributed by atoms with van der Waals surface area (Å²) in [5.74, 6) is -0.0188. The minimum Gasteiger partial charge on any atom is -0.497 e. The number of ether oxygens (including phenoxy) is 1. The van der Waals surface area contributed by atoms with Crippen molar-refractivity contribution in [3.8, 4) is 17.0 Å². The van der Waals surface area contributed by atoms with Crippen LogP contribution in [0.4, 0.5) is 5.69 Å². The number of amides is 2. The summed E-state index contributed by atoms with van der Waals surface area (Å²) < 4.78 is 5.09.